The smallest absolute Gasteiger partial charge is 0.331 e. The van der Waals surface area contributed by atoms with Crippen molar-refractivity contribution in [3.63, 3.8) is 0 Å². The molecule has 0 N–H and O–H groups in total. The zero-order valence-electron chi connectivity index (χ0n) is 9.06. The van der Waals surface area contributed by atoms with Crippen LogP contribution in [0.3, 0.4) is 0 Å². The fourth-order valence-electron chi connectivity index (χ4n) is 1.22. The highest BCUT2D eigenvalue weighted by Gasteiger charge is 2.28. The fourth-order valence-corrected chi connectivity index (χ4v) is 1.22. The topological polar surface area (TPSA) is 67.2 Å². The largest absolute Gasteiger partial charge is 0.468 e. The van der Waals surface area contributed by atoms with Crippen LogP contribution in [0.4, 0.5) is 0 Å². The van der Waals surface area contributed by atoms with E-state index in [-0.39, 0.29) is 0 Å². The van der Waals surface area contributed by atoms with Crippen LogP contribution in [0.15, 0.2) is 24.3 Å². The van der Waals surface area contributed by atoms with Crippen molar-refractivity contribution in [2.75, 3.05) is 7.11 Å². The molecule has 0 bridgehead atoms. The summed E-state index contributed by atoms with van der Waals surface area (Å²) in [5.74, 6) is -2.74. The molecule has 0 aliphatic rings. The molecule has 0 saturated heterocycles. The zero-order valence-corrected chi connectivity index (χ0v) is 9.06. The van der Waals surface area contributed by atoms with Crippen LogP contribution in [0.2, 0.25) is 0 Å². The Bertz CT molecular complexity index is 442. The van der Waals surface area contributed by atoms with E-state index in [1.165, 1.54) is 0 Å². The maximum absolute atomic E-state index is 11.8. The van der Waals surface area contributed by atoms with E-state index in [1.807, 2.05) is 6.92 Å². The van der Waals surface area contributed by atoms with Crippen LogP contribution in [0.25, 0.3) is 0 Å². The minimum Gasteiger partial charge on any atom is -0.468 e. The Labute approximate surface area is 93.5 Å². The zero-order chi connectivity index (χ0) is 12.1. The Morgan fingerprint density at radius 2 is 1.88 bits per heavy atom. The molecule has 0 amide bonds. The number of nitriles is 1. The molecule has 4 nitrogen and oxygen atoms in total. The number of ether oxygens (including phenoxy) is 1. The molecule has 0 aliphatic heterocycles. The van der Waals surface area contributed by atoms with Crippen molar-refractivity contribution in [1.29, 1.82) is 5.26 Å². The van der Waals surface area contributed by atoms with E-state index < -0.39 is 17.7 Å². The summed E-state index contributed by atoms with van der Waals surface area (Å²) >= 11 is 0. The average Bonchev–Trinajstić information content (AvgIpc) is 2.30. The number of ketones is 1. The molecule has 1 aromatic carbocycles. The Morgan fingerprint density at radius 3 is 2.31 bits per heavy atom. The second-order valence-electron chi connectivity index (χ2n) is 3.32. The van der Waals surface area contributed by atoms with E-state index in [4.69, 9.17) is 5.26 Å². The van der Waals surface area contributed by atoms with Gasteiger partial charge in [0.25, 0.3) is 0 Å². The van der Waals surface area contributed by atoms with Gasteiger partial charge in [-0.25, -0.2) is 0 Å². The lowest BCUT2D eigenvalue weighted by molar-refractivity contribution is -0.141. The number of carbonyl (C=O) groups excluding carboxylic acids is 2. The Kier molecular flexibility index (Phi) is 3.78. The fraction of sp³-hybridized carbons (Fsp3) is 0.250. The Balaban J connectivity index is 2.97. The van der Waals surface area contributed by atoms with Crippen LogP contribution in [0.1, 0.15) is 15.9 Å². The summed E-state index contributed by atoms with van der Waals surface area (Å²) in [5, 5.41) is 8.74. The third-order valence-electron chi connectivity index (χ3n) is 2.16. The third kappa shape index (κ3) is 2.45. The van der Waals surface area contributed by atoms with Crippen molar-refractivity contribution >= 4 is 11.8 Å². The van der Waals surface area contributed by atoms with Gasteiger partial charge in [-0.1, -0.05) is 29.8 Å². The minimum absolute atomic E-state index is 0.336. The number of Topliss-reactive ketones (excluding diaryl/α,β-unsaturated/α-hetero) is 1. The quantitative estimate of drug-likeness (QED) is 0.437. The van der Waals surface area contributed by atoms with Gasteiger partial charge in [-0.3, -0.25) is 9.59 Å². The molecular weight excluding hydrogens is 206 g/mol. The summed E-state index contributed by atoms with van der Waals surface area (Å²) < 4.78 is 4.39. The maximum Gasteiger partial charge on any atom is 0.331 e. The van der Waals surface area contributed by atoms with Crippen molar-refractivity contribution in [3.8, 4) is 6.07 Å². The number of hydrogen-bond donors (Lipinski definition) is 0. The predicted octanol–water partition coefficient (Wildman–Crippen LogP) is 1.49. The van der Waals surface area contributed by atoms with E-state index in [0.717, 1.165) is 12.7 Å². The number of methoxy groups -OCH3 is 1. The molecule has 0 fully saturated rings. The van der Waals surface area contributed by atoms with Gasteiger partial charge < -0.3 is 4.74 Å². The number of aryl methyl sites for hydroxylation is 1. The lowest BCUT2D eigenvalue weighted by Gasteiger charge is -2.05. The van der Waals surface area contributed by atoms with Crippen LogP contribution >= 0.6 is 0 Å². The van der Waals surface area contributed by atoms with Crippen LogP contribution in [0, 0.1) is 24.2 Å². The molecule has 4 heteroatoms. The molecule has 16 heavy (non-hydrogen) atoms. The Hall–Kier alpha value is -2.15. The van der Waals surface area contributed by atoms with Gasteiger partial charge in [0.2, 0.25) is 5.92 Å². The number of esters is 1. The number of nitrogens with zero attached hydrogens (tertiary/aromatic N) is 1. The van der Waals surface area contributed by atoms with Crippen LogP contribution < -0.4 is 0 Å². The molecule has 0 aliphatic carbocycles. The highest BCUT2D eigenvalue weighted by Crippen LogP contribution is 2.11. The normalized spacial score (nSPS) is 11.3. The first-order chi connectivity index (χ1) is 7.60. The highest BCUT2D eigenvalue weighted by atomic mass is 16.5. The molecule has 1 atom stereocenters. The van der Waals surface area contributed by atoms with E-state index in [1.54, 1.807) is 30.3 Å². The maximum atomic E-state index is 11.8. The first kappa shape index (κ1) is 11.9. The molecule has 0 heterocycles. The van der Waals surface area contributed by atoms with Crippen LogP contribution in [-0.2, 0) is 9.53 Å². The lowest BCUT2D eigenvalue weighted by Crippen LogP contribution is -2.23. The van der Waals surface area contributed by atoms with Crippen LogP contribution in [0.5, 0.6) is 0 Å². The summed E-state index contributed by atoms with van der Waals surface area (Å²) in [4.78, 5) is 22.9. The molecular formula is C12H11NO3. The lowest BCUT2D eigenvalue weighted by atomic mass is 9.98. The summed E-state index contributed by atoms with van der Waals surface area (Å²) in [7, 11) is 1.15. The predicted molar refractivity (Wildman–Crippen MR) is 56.6 cm³/mol. The number of carbonyl (C=O) groups is 2. The van der Waals surface area contributed by atoms with Gasteiger partial charge in [0.05, 0.1) is 13.2 Å². The van der Waals surface area contributed by atoms with Crippen molar-refractivity contribution in [3.05, 3.63) is 35.4 Å². The second-order valence-corrected chi connectivity index (χ2v) is 3.32. The molecule has 0 unspecified atom stereocenters. The summed E-state index contributed by atoms with van der Waals surface area (Å²) in [6.07, 6.45) is 0. The van der Waals surface area contributed by atoms with Gasteiger partial charge in [-0.2, -0.15) is 5.26 Å². The summed E-state index contributed by atoms with van der Waals surface area (Å²) in [6.45, 7) is 1.89. The molecule has 1 rings (SSSR count). The standard InChI is InChI=1S/C12H11NO3/c1-8-3-5-9(6-4-8)11(14)10(7-13)12(15)16-2/h3-6,10H,1-2H3/t10-/m1/s1. The van der Waals surface area contributed by atoms with E-state index in [9.17, 15) is 9.59 Å². The van der Waals surface area contributed by atoms with Gasteiger partial charge in [0.15, 0.2) is 5.78 Å². The monoisotopic (exact) mass is 217 g/mol. The van der Waals surface area contributed by atoms with Crippen LogP contribution in [-0.4, -0.2) is 18.9 Å². The molecule has 0 spiro atoms. The van der Waals surface area contributed by atoms with Crippen molar-refractivity contribution in [2.24, 2.45) is 5.92 Å². The van der Waals surface area contributed by atoms with Gasteiger partial charge >= 0.3 is 5.97 Å². The Morgan fingerprint density at radius 1 is 1.31 bits per heavy atom. The first-order valence-corrected chi connectivity index (χ1v) is 4.68. The van der Waals surface area contributed by atoms with Gasteiger partial charge in [0, 0.05) is 5.56 Å². The van der Waals surface area contributed by atoms with Gasteiger partial charge in [-0.15, -0.1) is 0 Å². The van der Waals surface area contributed by atoms with E-state index >= 15 is 0 Å². The molecule has 82 valence electrons. The van der Waals surface area contributed by atoms with E-state index in [0.29, 0.717) is 5.56 Å². The molecule has 1 aromatic rings. The number of rotatable bonds is 3. The van der Waals surface area contributed by atoms with Crippen molar-refractivity contribution in [1.82, 2.24) is 0 Å². The average molecular weight is 217 g/mol. The SMILES string of the molecule is COC(=O)[C@H](C#N)C(=O)c1ccc(C)cc1. The molecule has 0 aromatic heterocycles. The van der Waals surface area contributed by atoms with Crippen molar-refractivity contribution < 1.29 is 14.3 Å². The highest BCUT2D eigenvalue weighted by molar-refractivity contribution is 6.10. The van der Waals surface area contributed by atoms with Gasteiger partial charge in [0.1, 0.15) is 0 Å². The second kappa shape index (κ2) is 5.08. The summed E-state index contributed by atoms with van der Waals surface area (Å²) in [5.41, 5.74) is 1.34. The number of hydrogen-bond acceptors (Lipinski definition) is 4. The molecule has 0 saturated carbocycles. The molecule has 0 radical (unpaired) electrons. The minimum atomic E-state index is -1.38. The van der Waals surface area contributed by atoms with Gasteiger partial charge in [-0.05, 0) is 6.92 Å². The van der Waals surface area contributed by atoms with E-state index in [2.05, 4.69) is 4.74 Å². The number of benzene rings is 1. The first-order valence-electron chi connectivity index (χ1n) is 4.68. The van der Waals surface area contributed by atoms with Crippen molar-refractivity contribution in [2.45, 2.75) is 6.92 Å². The summed E-state index contributed by atoms with van der Waals surface area (Å²) in [6, 6.07) is 8.32. The third-order valence-corrected chi connectivity index (χ3v) is 2.16.